The zero-order chi connectivity index (χ0) is 22.3. The zero-order valence-corrected chi connectivity index (χ0v) is 18.0. The molecule has 0 bridgehead atoms. The predicted octanol–water partition coefficient (Wildman–Crippen LogP) is 4.95. The normalized spacial score (nSPS) is 10.8. The summed E-state index contributed by atoms with van der Waals surface area (Å²) in [6.07, 6.45) is 1.68. The second-order valence-electron chi connectivity index (χ2n) is 6.74. The molecule has 3 aromatic carbocycles. The summed E-state index contributed by atoms with van der Waals surface area (Å²) in [4.78, 5) is 0. The quantitative estimate of drug-likeness (QED) is 0.324. The van der Waals surface area contributed by atoms with Gasteiger partial charge in [0.1, 0.15) is 6.61 Å². The zero-order valence-electron chi connectivity index (χ0n) is 17.2. The highest BCUT2D eigenvalue weighted by molar-refractivity contribution is 7.71. The first-order valence-corrected chi connectivity index (χ1v) is 10.2. The summed E-state index contributed by atoms with van der Waals surface area (Å²) < 4.78 is 13.3. The number of hydrogen-bond donors (Lipinski definition) is 1. The van der Waals surface area contributed by atoms with Crippen LogP contribution in [0.4, 0.5) is 0 Å². The first-order valence-electron chi connectivity index (χ1n) is 9.75. The van der Waals surface area contributed by atoms with E-state index >= 15 is 0 Å². The lowest BCUT2D eigenvalue weighted by atomic mass is 10.1. The Balaban J connectivity index is 1.55. The molecule has 1 aromatic heterocycles. The van der Waals surface area contributed by atoms with Gasteiger partial charge in [0.25, 0.3) is 0 Å². The highest BCUT2D eigenvalue weighted by Gasteiger charge is 2.09. The van der Waals surface area contributed by atoms with E-state index in [-0.39, 0.29) is 6.61 Å². The van der Waals surface area contributed by atoms with E-state index in [2.05, 4.69) is 21.4 Å². The number of nitrogens with zero attached hydrogens (tertiary/aromatic N) is 4. The third kappa shape index (κ3) is 4.58. The van der Waals surface area contributed by atoms with Crippen LogP contribution in [0.2, 0.25) is 0 Å². The Labute approximate surface area is 190 Å². The second kappa shape index (κ2) is 9.73. The van der Waals surface area contributed by atoms with Gasteiger partial charge in [0, 0.05) is 11.1 Å². The Morgan fingerprint density at radius 2 is 1.88 bits per heavy atom. The lowest BCUT2D eigenvalue weighted by Gasteiger charge is -2.12. The maximum Gasteiger partial charge on any atom is 0.216 e. The summed E-state index contributed by atoms with van der Waals surface area (Å²) in [6.45, 7) is 0.262. The molecule has 1 N–H and O–H groups in total. The summed E-state index contributed by atoms with van der Waals surface area (Å²) in [5.41, 5.74) is 3.09. The molecule has 0 atom stereocenters. The number of hydrogen-bond acceptors (Lipinski definition) is 6. The lowest BCUT2D eigenvalue weighted by Crippen LogP contribution is -2.00. The molecule has 1 heterocycles. The fourth-order valence-electron chi connectivity index (χ4n) is 3.09. The number of methoxy groups -OCH3 is 1. The SMILES string of the molecule is COc1cc(/C=N\n2c(-c3ccccc3)n[nH]c2=S)ccc1OCc1ccccc1C#N. The number of benzene rings is 3. The number of aromatic amines is 1. The molecular weight excluding hydrogens is 422 g/mol. The third-order valence-corrected chi connectivity index (χ3v) is 4.98. The van der Waals surface area contributed by atoms with Crippen LogP contribution < -0.4 is 9.47 Å². The van der Waals surface area contributed by atoms with Crippen LogP contribution in [0.1, 0.15) is 16.7 Å². The van der Waals surface area contributed by atoms with Crippen molar-refractivity contribution < 1.29 is 9.47 Å². The summed E-state index contributed by atoms with van der Waals surface area (Å²) in [5.74, 6) is 1.75. The van der Waals surface area contributed by atoms with Crippen LogP contribution in [0.5, 0.6) is 11.5 Å². The summed E-state index contributed by atoms with van der Waals surface area (Å²) in [6, 6.07) is 24.7. The molecule has 0 radical (unpaired) electrons. The minimum absolute atomic E-state index is 0.262. The fourth-order valence-corrected chi connectivity index (χ4v) is 3.27. The number of nitriles is 1. The van der Waals surface area contributed by atoms with Gasteiger partial charge in [-0.05, 0) is 42.0 Å². The van der Waals surface area contributed by atoms with Gasteiger partial charge in [-0.1, -0.05) is 48.5 Å². The Bertz CT molecular complexity index is 1350. The molecule has 0 spiro atoms. The number of ether oxygens (including phenoxy) is 2. The van der Waals surface area contributed by atoms with Gasteiger partial charge in [-0.25, -0.2) is 5.10 Å². The Hall–Kier alpha value is -4.22. The van der Waals surface area contributed by atoms with E-state index in [1.54, 1.807) is 24.1 Å². The van der Waals surface area contributed by atoms with E-state index < -0.39 is 0 Å². The van der Waals surface area contributed by atoms with Crippen LogP contribution in [-0.2, 0) is 6.61 Å². The van der Waals surface area contributed by atoms with Gasteiger partial charge in [0.05, 0.1) is 25.0 Å². The maximum atomic E-state index is 9.24. The minimum atomic E-state index is 0.262. The van der Waals surface area contributed by atoms with Crippen molar-refractivity contribution >= 4 is 18.4 Å². The Morgan fingerprint density at radius 1 is 1.09 bits per heavy atom. The molecule has 4 rings (SSSR count). The van der Waals surface area contributed by atoms with Gasteiger partial charge in [0.15, 0.2) is 17.3 Å². The molecule has 0 saturated heterocycles. The van der Waals surface area contributed by atoms with Crippen molar-refractivity contribution in [3.8, 4) is 29.0 Å². The first kappa shape index (κ1) is 21.0. The lowest BCUT2D eigenvalue weighted by molar-refractivity contribution is 0.284. The van der Waals surface area contributed by atoms with Crippen LogP contribution in [0.25, 0.3) is 11.4 Å². The van der Waals surface area contributed by atoms with Gasteiger partial charge < -0.3 is 9.47 Å². The van der Waals surface area contributed by atoms with Gasteiger partial charge in [0.2, 0.25) is 4.77 Å². The van der Waals surface area contributed by atoms with Crippen LogP contribution >= 0.6 is 12.2 Å². The van der Waals surface area contributed by atoms with Crippen molar-refractivity contribution in [3.05, 3.63) is 94.3 Å². The number of rotatable bonds is 7. The van der Waals surface area contributed by atoms with E-state index in [0.29, 0.717) is 27.7 Å². The number of H-pyrrole nitrogens is 1. The molecule has 4 aromatic rings. The van der Waals surface area contributed by atoms with Gasteiger partial charge in [-0.3, -0.25) is 0 Å². The minimum Gasteiger partial charge on any atom is -0.493 e. The van der Waals surface area contributed by atoms with Crippen molar-refractivity contribution in [2.45, 2.75) is 6.61 Å². The molecule has 0 amide bonds. The number of aromatic nitrogens is 3. The molecule has 158 valence electrons. The van der Waals surface area contributed by atoms with Crippen molar-refractivity contribution in [2.75, 3.05) is 7.11 Å². The van der Waals surface area contributed by atoms with Crippen molar-refractivity contribution in [1.82, 2.24) is 14.9 Å². The summed E-state index contributed by atoms with van der Waals surface area (Å²) in [5, 5.41) is 20.8. The van der Waals surface area contributed by atoms with E-state index in [9.17, 15) is 5.26 Å². The van der Waals surface area contributed by atoms with E-state index in [4.69, 9.17) is 21.7 Å². The standard InChI is InChI=1S/C24H19N5O2S/c1-30-22-13-17(11-12-21(22)31-16-20-10-6-5-9-19(20)14-25)15-26-29-23(27-28-24(29)32)18-7-3-2-4-8-18/h2-13,15H,16H2,1H3,(H,28,32)/b26-15-. The largest absolute Gasteiger partial charge is 0.493 e. The van der Waals surface area contributed by atoms with Crippen LogP contribution in [0, 0.1) is 16.1 Å². The molecule has 8 heteroatoms. The first-order chi connectivity index (χ1) is 15.7. The topological polar surface area (TPSA) is 88.2 Å². The average Bonchev–Trinajstić information content (AvgIpc) is 3.22. The van der Waals surface area contributed by atoms with Crippen molar-refractivity contribution in [3.63, 3.8) is 0 Å². The molecule has 0 aliphatic carbocycles. The molecule has 0 aliphatic heterocycles. The van der Waals surface area contributed by atoms with E-state index in [1.165, 1.54) is 0 Å². The monoisotopic (exact) mass is 441 g/mol. The summed E-state index contributed by atoms with van der Waals surface area (Å²) >= 11 is 5.32. The highest BCUT2D eigenvalue weighted by Crippen LogP contribution is 2.29. The molecule has 0 saturated carbocycles. The molecule has 0 aliphatic rings. The molecule has 7 nitrogen and oxygen atoms in total. The highest BCUT2D eigenvalue weighted by atomic mass is 32.1. The van der Waals surface area contributed by atoms with E-state index in [1.807, 2.05) is 66.7 Å². The van der Waals surface area contributed by atoms with Crippen molar-refractivity contribution in [1.29, 1.82) is 5.26 Å². The van der Waals surface area contributed by atoms with Gasteiger partial charge in [-0.2, -0.15) is 20.1 Å². The predicted molar refractivity (Wildman–Crippen MR) is 124 cm³/mol. The van der Waals surface area contributed by atoms with E-state index in [0.717, 1.165) is 16.7 Å². The van der Waals surface area contributed by atoms with Gasteiger partial charge in [-0.15, -0.1) is 0 Å². The molecule has 32 heavy (non-hydrogen) atoms. The Kier molecular flexibility index (Phi) is 6.39. The third-order valence-electron chi connectivity index (χ3n) is 4.71. The maximum absolute atomic E-state index is 9.24. The molecule has 0 fully saturated rings. The van der Waals surface area contributed by atoms with Crippen LogP contribution in [0.3, 0.4) is 0 Å². The average molecular weight is 442 g/mol. The summed E-state index contributed by atoms with van der Waals surface area (Å²) in [7, 11) is 1.58. The second-order valence-corrected chi connectivity index (χ2v) is 7.13. The Morgan fingerprint density at radius 3 is 2.66 bits per heavy atom. The van der Waals surface area contributed by atoms with Gasteiger partial charge >= 0.3 is 0 Å². The molecule has 0 unspecified atom stereocenters. The smallest absolute Gasteiger partial charge is 0.216 e. The fraction of sp³-hybridized carbons (Fsp3) is 0.0833. The number of nitrogens with one attached hydrogen (secondary N) is 1. The van der Waals surface area contributed by atoms with Crippen LogP contribution in [0.15, 0.2) is 77.9 Å². The van der Waals surface area contributed by atoms with Crippen molar-refractivity contribution in [2.24, 2.45) is 5.10 Å². The molecular formula is C24H19N5O2S. The van der Waals surface area contributed by atoms with Crippen LogP contribution in [-0.4, -0.2) is 28.2 Å².